The van der Waals surface area contributed by atoms with Crippen LogP contribution in [0, 0.1) is 0 Å². The summed E-state index contributed by atoms with van der Waals surface area (Å²) in [7, 11) is 0. The molecule has 1 unspecified atom stereocenters. The predicted molar refractivity (Wildman–Crippen MR) is 288 cm³/mol. The molecule has 0 aliphatic heterocycles. The number of ether oxygens (including phenoxy) is 3. The van der Waals surface area contributed by atoms with Gasteiger partial charge >= 0.3 is 17.9 Å². The Balaban J connectivity index is 4.18. The van der Waals surface area contributed by atoms with Gasteiger partial charge in [0.05, 0.1) is 0 Å². The number of carbonyl (C=O) groups is 3. The molecule has 6 nitrogen and oxygen atoms in total. The van der Waals surface area contributed by atoms with Gasteiger partial charge in [-0.05, 0) is 89.9 Å². The van der Waals surface area contributed by atoms with Crippen molar-refractivity contribution in [1.82, 2.24) is 0 Å². The quantitative estimate of drug-likeness (QED) is 0.0262. The molecule has 0 saturated carbocycles. The molecule has 0 N–H and O–H groups in total. The van der Waals surface area contributed by atoms with Gasteiger partial charge in [0.1, 0.15) is 13.2 Å². The smallest absolute Gasteiger partial charge is 0.306 e. The Morgan fingerprint density at radius 1 is 0.313 bits per heavy atom. The molecule has 1 atom stereocenters. The van der Waals surface area contributed by atoms with Crippen LogP contribution in [0.1, 0.15) is 278 Å². The van der Waals surface area contributed by atoms with E-state index in [9.17, 15) is 14.4 Å². The molecule has 386 valence electrons. The van der Waals surface area contributed by atoms with Crippen LogP contribution >= 0.6 is 0 Å². The first-order valence-electron chi connectivity index (χ1n) is 28.4. The summed E-state index contributed by atoms with van der Waals surface area (Å²) in [4.78, 5) is 37.9. The third kappa shape index (κ3) is 53.7. The number of hydrogen-bond acceptors (Lipinski definition) is 6. The average molecular weight is 936 g/mol. The molecule has 67 heavy (non-hydrogen) atoms. The van der Waals surface area contributed by atoms with E-state index in [0.29, 0.717) is 19.3 Å². The van der Waals surface area contributed by atoms with Gasteiger partial charge in [-0.3, -0.25) is 14.4 Å². The van der Waals surface area contributed by atoms with Crippen molar-refractivity contribution < 1.29 is 28.6 Å². The van der Waals surface area contributed by atoms with Crippen molar-refractivity contribution in [2.75, 3.05) is 13.2 Å². The van der Waals surface area contributed by atoms with Gasteiger partial charge in [0.25, 0.3) is 0 Å². The highest BCUT2D eigenvalue weighted by molar-refractivity contribution is 5.71. The molecule has 0 aromatic rings. The molecule has 0 aromatic carbocycles. The second-order valence-corrected chi connectivity index (χ2v) is 18.8. The van der Waals surface area contributed by atoms with Crippen molar-refractivity contribution in [2.24, 2.45) is 0 Å². The molecule has 0 aromatic heterocycles. The lowest BCUT2D eigenvalue weighted by Gasteiger charge is -2.18. The highest BCUT2D eigenvalue weighted by Gasteiger charge is 2.19. The highest BCUT2D eigenvalue weighted by atomic mass is 16.6. The Kier molecular flexibility index (Phi) is 52.8. The summed E-state index contributed by atoms with van der Waals surface area (Å²) in [5, 5.41) is 0. The number of esters is 3. The Morgan fingerprint density at radius 3 is 0.925 bits per heavy atom. The van der Waals surface area contributed by atoms with Gasteiger partial charge in [-0.15, -0.1) is 0 Å². The van der Waals surface area contributed by atoms with Crippen LogP contribution in [-0.2, 0) is 28.6 Å². The van der Waals surface area contributed by atoms with Crippen LogP contribution < -0.4 is 0 Å². The molecule has 0 bridgehead atoms. The van der Waals surface area contributed by atoms with E-state index in [0.717, 1.165) is 96.3 Å². The molecule has 0 radical (unpaired) electrons. The van der Waals surface area contributed by atoms with Crippen LogP contribution in [0.2, 0.25) is 0 Å². The zero-order chi connectivity index (χ0) is 48.6. The van der Waals surface area contributed by atoms with Gasteiger partial charge in [-0.1, -0.05) is 241 Å². The largest absolute Gasteiger partial charge is 0.462 e. The third-order valence-corrected chi connectivity index (χ3v) is 12.2. The van der Waals surface area contributed by atoms with Crippen LogP contribution in [0.4, 0.5) is 0 Å². The van der Waals surface area contributed by atoms with E-state index >= 15 is 0 Å². The summed E-state index contributed by atoms with van der Waals surface area (Å²) in [6, 6.07) is 0. The summed E-state index contributed by atoms with van der Waals surface area (Å²) >= 11 is 0. The molecular weight excluding hydrogens is 829 g/mol. The van der Waals surface area contributed by atoms with Crippen LogP contribution in [0.5, 0.6) is 0 Å². The first-order valence-corrected chi connectivity index (χ1v) is 28.4. The number of allylic oxidation sites excluding steroid dienone is 12. The lowest BCUT2D eigenvalue weighted by atomic mass is 10.0. The lowest BCUT2D eigenvalue weighted by Crippen LogP contribution is -2.30. The zero-order valence-corrected chi connectivity index (χ0v) is 44.2. The van der Waals surface area contributed by atoms with E-state index in [1.54, 1.807) is 0 Å². The summed E-state index contributed by atoms with van der Waals surface area (Å²) in [5.41, 5.74) is 0. The maximum Gasteiger partial charge on any atom is 0.306 e. The first-order chi connectivity index (χ1) is 33.0. The standard InChI is InChI=1S/C61H106O6/c1-4-7-10-13-16-19-21-23-24-25-26-27-28-29-30-31-32-33-34-35-36-38-39-42-45-48-51-54-60(63)66-57-58(56-65-59(62)53-50-47-44-41-18-15-12-9-6-3)67-61(64)55-52-49-46-43-40-37-22-20-17-14-11-8-5-2/h8,11,17,20-21,23,25-26,28-29,37,40,58H,4-7,9-10,12-16,18-19,22,24,27,30-36,38-39,41-57H2,1-3H3/b11-8-,20-17-,23-21-,26-25-,29-28-,40-37-. The zero-order valence-electron chi connectivity index (χ0n) is 44.2. The molecule has 0 amide bonds. The molecule has 0 spiro atoms. The van der Waals surface area contributed by atoms with E-state index < -0.39 is 6.10 Å². The van der Waals surface area contributed by atoms with Crippen molar-refractivity contribution >= 4 is 17.9 Å². The lowest BCUT2D eigenvalue weighted by molar-refractivity contribution is -0.167. The van der Waals surface area contributed by atoms with Crippen LogP contribution in [0.15, 0.2) is 72.9 Å². The second-order valence-electron chi connectivity index (χ2n) is 18.8. The van der Waals surface area contributed by atoms with Gasteiger partial charge in [-0.25, -0.2) is 0 Å². The first kappa shape index (κ1) is 63.8. The molecule has 6 heteroatoms. The number of rotatable bonds is 51. The Labute approximate surface area is 414 Å². The van der Waals surface area contributed by atoms with Crippen molar-refractivity contribution in [3.63, 3.8) is 0 Å². The summed E-state index contributed by atoms with van der Waals surface area (Å²) in [5.74, 6) is -0.916. The van der Waals surface area contributed by atoms with E-state index in [-0.39, 0.29) is 31.1 Å². The molecule has 0 aliphatic carbocycles. The molecule has 0 rings (SSSR count). The minimum Gasteiger partial charge on any atom is -0.462 e. The highest BCUT2D eigenvalue weighted by Crippen LogP contribution is 2.15. The molecular formula is C61H106O6. The van der Waals surface area contributed by atoms with Crippen LogP contribution in [-0.4, -0.2) is 37.2 Å². The van der Waals surface area contributed by atoms with Gasteiger partial charge in [0, 0.05) is 19.3 Å². The average Bonchev–Trinajstić information content (AvgIpc) is 3.33. The van der Waals surface area contributed by atoms with Crippen molar-refractivity contribution in [1.29, 1.82) is 0 Å². The number of carbonyl (C=O) groups excluding carboxylic acids is 3. The fraction of sp³-hybridized carbons (Fsp3) is 0.754. The van der Waals surface area contributed by atoms with Crippen LogP contribution in [0.3, 0.4) is 0 Å². The van der Waals surface area contributed by atoms with Crippen molar-refractivity contribution in [2.45, 2.75) is 284 Å². The maximum atomic E-state index is 12.8. The number of unbranched alkanes of at least 4 members (excludes halogenated alkanes) is 28. The third-order valence-electron chi connectivity index (χ3n) is 12.2. The van der Waals surface area contributed by atoms with E-state index in [4.69, 9.17) is 14.2 Å². The van der Waals surface area contributed by atoms with Gasteiger partial charge in [-0.2, -0.15) is 0 Å². The summed E-state index contributed by atoms with van der Waals surface area (Å²) in [6.45, 7) is 6.48. The fourth-order valence-corrected chi connectivity index (χ4v) is 7.93. The summed E-state index contributed by atoms with van der Waals surface area (Å²) in [6.07, 6.45) is 70.6. The van der Waals surface area contributed by atoms with Crippen molar-refractivity contribution in [3.8, 4) is 0 Å². The molecule has 0 saturated heterocycles. The van der Waals surface area contributed by atoms with E-state index in [1.165, 1.54) is 141 Å². The van der Waals surface area contributed by atoms with Gasteiger partial charge in [0.2, 0.25) is 0 Å². The summed E-state index contributed by atoms with van der Waals surface area (Å²) < 4.78 is 16.8. The molecule has 0 aliphatic rings. The van der Waals surface area contributed by atoms with Crippen molar-refractivity contribution in [3.05, 3.63) is 72.9 Å². The van der Waals surface area contributed by atoms with Gasteiger partial charge < -0.3 is 14.2 Å². The fourth-order valence-electron chi connectivity index (χ4n) is 7.93. The second kappa shape index (κ2) is 55.4. The maximum absolute atomic E-state index is 12.8. The number of hydrogen-bond donors (Lipinski definition) is 0. The van der Waals surface area contributed by atoms with E-state index in [1.807, 2.05) is 0 Å². The predicted octanol–water partition coefficient (Wildman–Crippen LogP) is 19.0. The SMILES string of the molecule is CC/C=C\C/C=C\C/C=C\CCCCCC(=O)OC(COC(=O)CCCCCCCCCCC)COC(=O)CCCCCCCCCCCCCC/C=C\C/C=C\C/C=C\CCCCCCC. The minimum absolute atomic E-state index is 0.0860. The Bertz CT molecular complexity index is 1260. The van der Waals surface area contributed by atoms with Crippen LogP contribution in [0.25, 0.3) is 0 Å². The topological polar surface area (TPSA) is 78.9 Å². The Morgan fingerprint density at radius 2 is 0.582 bits per heavy atom. The van der Waals surface area contributed by atoms with E-state index in [2.05, 4.69) is 93.7 Å². The molecule has 0 fully saturated rings. The normalized spacial score (nSPS) is 12.6. The van der Waals surface area contributed by atoms with Gasteiger partial charge in [0.15, 0.2) is 6.10 Å². The minimum atomic E-state index is -0.788. The Hall–Kier alpha value is -3.15. The monoisotopic (exact) mass is 935 g/mol. The molecule has 0 heterocycles.